The second-order valence-corrected chi connectivity index (χ2v) is 7.77. The summed E-state index contributed by atoms with van der Waals surface area (Å²) in [5, 5.41) is 6.12. The van der Waals surface area contributed by atoms with E-state index in [1.54, 1.807) is 19.2 Å². The predicted molar refractivity (Wildman–Crippen MR) is 106 cm³/mol. The van der Waals surface area contributed by atoms with Gasteiger partial charge in [-0.3, -0.25) is 9.79 Å². The van der Waals surface area contributed by atoms with Crippen LogP contribution in [0.4, 0.5) is 4.39 Å². The molecule has 0 atom stereocenters. The van der Waals surface area contributed by atoms with Crippen molar-refractivity contribution in [2.45, 2.75) is 44.4 Å². The van der Waals surface area contributed by atoms with E-state index in [1.165, 1.54) is 6.07 Å². The number of halogens is 1. The average Bonchev–Trinajstić information content (AvgIpc) is 3.47. The summed E-state index contributed by atoms with van der Waals surface area (Å²) < 4.78 is 13.6. The summed E-state index contributed by atoms with van der Waals surface area (Å²) in [7, 11) is 1.69. The third-order valence-corrected chi connectivity index (χ3v) is 5.82. The lowest BCUT2D eigenvalue weighted by Gasteiger charge is -2.34. The molecule has 0 bridgehead atoms. The Morgan fingerprint density at radius 2 is 2.07 bits per heavy atom. The standard InChI is InChI=1S/C21H31FN4O/c1-3-24-20(26-11-7-16(8-12-26)13-19(27)23-2)25-15-21(9-10-21)17-5-4-6-18(22)14-17/h4-6,14,16H,3,7-13,15H2,1-2H3,(H,23,27)(H,24,25). The van der Waals surface area contributed by atoms with Crippen LogP contribution in [-0.4, -0.2) is 50.0 Å². The third kappa shape index (κ3) is 4.99. The fraction of sp³-hybridized carbons (Fsp3) is 0.619. The summed E-state index contributed by atoms with van der Waals surface area (Å²) in [5.41, 5.74) is 1.06. The molecule has 0 aromatic heterocycles. The van der Waals surface area contributed by atoms with E-state index in [2.05, 4.69) is 22.5 Å². The molecule has 0 radical (unpaired) electrons. The van der Waals surface area contributed by atoms with Crippen LogP contribution in [0.3, 0.4) is 0 Å². The van der Waals surface area contributed by atoms with E-state index >= 15 is 0 Å². The highest BCUT2D eigenvalue weighted by Crippen LogP contribution is 2.48. The van der Waals surface area contributed by atoms with Crippen molar-refractivity contribution in [2.75, 3.05) is 33.2 Å². The van der Waals surface area contributed by atoms with Crippen molar-refractivity contribution >= 4 is 11.9 Å². The van der Waals surface area contributed by atoms with Crippen molar-refractivity contribution < 1.29 is 9.18 Å². The Balaban J connectivity index is 1.61. The Kier molecular flexibility index (Phi) is 6.34. The SMILES string of the molecule is CCNC(=NCC1(c2cccc(F)c2)CC1)N1CCC(CC(=O)NC)CC1. The number of benzene rings is 1. The normalized spacial score (nSPS) is 19.7. The number of piperidine rings is 1. The number of carbonyl (C=O) groups is 1. The Bertz CT molecular complexity index is 679. The first-order valence-electron chi connectivity index (χ1n) is 10.1. The van der Waals surface area contributed by atoms with E-state index in [0.717, 1.165) is 56.8 Å². The number of nitrogens with zero attached hydrogens (tertiary/aromatic N) is 2. The fourth-order valence-corrected chi connectivity index (χ4v) is 3.87. The van der Waals surface area contributed by atoms with Crippen LogP contribution in [0.2, 0.25) is 0 Å². The van der Waals surface area contributed by atoms with Crippen LogP contribution in [0.1, 0.15) is 44.6 Å². The lowest BCUT2D eigenvalue weighted by Crippen LogP contribution is -2.46. The number of guanidine groups is 1. The van der Waals surface area contributed by atoms with Crippen LogP contribution in [-0.2, 0) is 10.2 Å². The topological polar surface area (TPSA) is 56.7 Å². The van der Waals surface area contributed by atoms with E-state index in [4.69, 9.17) is 4.99 Å². The smallest absolute Gasteiger partial charge is 0.220 e. The summed E-state index contributed by atoms with van der Waals surface area (Å²) in [6, 6.07) is 6.95. The van der Waals surface area contributed by atoms with Crippen LogP contribution >= 0.6 is 0 Å². The Morgan fingerprint density at radius 3 is 2.67 bits per heavy atom. The Hall–Kier alpha value is -2.11. The van der Waals surface area contributed by atoms with Gasteiger partial charge in [0.1, 0.15) is 5.82 Å². The molecule has 0 spiro atoms. The zero-order valence-electron chi connectivity index (χ0n) is 16.4. The second kappa shape index (κ2) is 8.72. The third-order valence-electron chi connectivity index (χ3n) is 5.82. The molecule has 0 unspecified atom stereocenters. The highest BCUT2D eigenvalue weighted by Gasteiger charge is 2.44. The molecule has 5 nitrogen and oxygen atoms in total. The predicted octanol–water partition coefficient (Wildman–Crippen LogP) is 2.67. The molecule has 1 amide bonds. The minimum absolute atomic E-state index is 0.000306. The highest BCUT2D eigenvalue weighted by atomic mass is 19.1. The maximum Gasteiger partial charge on any atom is 0.220 e. The van der Waals surface area contributed by atoms with Crippen molar-refractivity contribution in [1.82, 2.24) is 15.5 Å². The van der Waals surface area contributed by atoms with Gasteiger partial charge in [0.05, 0.1) is 6.54 Å². The fourth-order valence-electron chi connectivity index (χ4n) is 3.87. The van der Waals surface area contributed by atoms with Gasteiger partial charge in [-0.25, -0.2) is 4.39 Å². The molecule has 27 heavy (non-hydrogen) atoms. The van der Waals surface area contributed by atoms with Crippen LogP contribution in [0, 0.1) is 11.7 Å². The molecule has 6 heteroatoms. The highest BCUT2D eigenvalue weighted by molar-refractivity contribution is 5.80. The summed E-state index contributed by atoms with van der Waals surface area (Å²) in [6.07, 6.45) is 4.75. The summed E-state index contributed by atoms with van der Waals surface area (Å²) >= 11 is 0. The maximum atomic E-state index is 13.6. The molecule has 2 aliphatic rings. The van der Waals surface area contributed by atoms with Crippen molar-refractivity contribution in [1.29, 1.82) is 0 Å². The van der Waals surface area contributed by atoms with E-state index in [0.29, 0.717) is 18.9 Å². The van der Waals surface area contributed by atoms with Gasteiger partial charge in [0.15, 0.2) is 5.96 Å². The second-order valence-electron chi connectivity index (χ2n) is 7.77. The molecule has 1 aromatic rings. The first-order valence-corrected chi connectivity index (χ1v) is 10.1. The molecule has 1 aliphatic heterocycles. The van der Waals surface area contributed by atoms with E-state index < -0.39 is 0 Å². The largest absolute Gasteiger partial charge is 0.359 e. The minimum Gasteiger partial charge on any atom is -0.359 e. The van der Waals surface area contributed by atoms with E-state index in [1.807, 2.05) is 6.07 Å². The van der Waals surface area contributed by atoms with Crippen LogP contribution in [0.15, 0.2) is 29.3 Å². The van der Waals surface area contributed by atoms with Gasteiger partial charge in [-0.05, 0) is 56.2 Å². The van der Waals surface area contributed by atoms with E-state index in [9.17, 15) is 9.18 Å². The van der Waals surface area contributed by atoms with Gasteiger partial charge in [-0.1, -0.05) is 12.1 Å². The van der Waals surface area contributed by atoms with Crippen LogP contribution in [0.5, 0.6) is 0 Å². The molecule has 2 fully saturated rings. The molecular weight excluding hydrogens is 343 g/mol. The zero-order chi connectivity index (χ0) is 19.3. The van der Waals surface area contributed by atoms with Gasteiger partial charge in [0.2, 0.25) is 5.91 Å². The molecule has 1 aromatic carbocycles. The van der Waals surface area contributed by atoms with Crippen LogP contribution < -0.4 is 10.6 Å². The minimum atomic E-state index is -0.173. The molecule has 148 valence electrons. The monoisotopic (exact) mass is 374 g/mol. The van der Waals surface area contributed by atoms with Gasteiger partial charge in [0.25, 0.3) is 0 Å². The Labute approximate surface area is 161 Å². The molecule has 1 heterocycles. The van der Waals surface area contributed by atoms with Crippen LogP contribution in [0.25, 0.3) is 0 Å². The maximum absolute atomic E-state index is 13.6. The number of likely N-dealkylation sites (tertiary alicyclic amines) is 1. The van der Waals surface area contributed by atoms with Crippen molar-refractivity contribution in [2.24, 2.45) is 10.9 Å². The van der Waals surface area contributed by atoms with Gasteiger partial charge in [-0.2, -0.15) is 0 Å². The lowest BCUT2D eigenvalue weighted by molar-refractivity contribution is -0.121. The van der Waals surface area contributed by atoms with Crippen molar-refractivity contribution in [3.63, 3.8) is 0 Å². The number of rotatable bonds is 6. The number of nitrogens with one attached hydrogen (secondary N) is 2. The first kappa shape index (κ1) is 19.6. The van der Waals surface area contributed by atoms with Crippen molar-refractivity contribution in [3.8, 4) is 0 Å². The number of hydrogen-bond acceptors (Lipinski definition) is 2. The molecule has 2 N–H and O–H groups in total. The van der Waals surface area contributed by atoms with Gasteiger partial charge in [-0.15, -0.1) is 0 Å². The quantitative estimate of drug-likeness (QED) is 0.595. The number of carbonyl (C=O) groups excluding carboxylic acids is 1. The molecule has 1 saturated heterocycles. The molecule has 1 saturated carbocycles. The molecule has 3 rings (SSSR count). The summed E-state index contributed by atoms with van der Waals surface area (Å²) in [4.78, 5) is 18.8. The van der Waals surface area contributed by atoms with Gasteiger partial charge in [0, 0.05) is 38.5 Å². The molecular formula is C21H31FN4O. The zero-order valence-corrected chi connectivity index (χ0v) is 16.4. The molecule has 1 aliphatic carbocycles. The summed E-state index contributed by atoms with van der Waals surface area (Å²) in [6.45, 7) is 5.43. The van der Waals surface area contributed by atoms with Gasteiger partial charge < -0.3 is 15.5 Å². The number of aliphatic imine (C=N–C) groups is 1. The number of hydrogen-bond donors (Lipinski definition) is 2. The average molecular weight is 375 g/mol. The van der Waals surface area contributed by atoms with E-state index in [-0.39, 0.29) is 17.1 Å². The van der Waals surface area contributed by atoms with Gasteiger partial charge >= 0.3 is 0 Å². The van der Waals surface area contributed by atoms with Crippen molar-refractivity contribution in [3.05, 3.63) is 35.6 Å². The summed E-state index contributed by atoms with van der Waals surface area (Å²) in [5.74, 6) is 1.34. The number of amides is 1. The lowest BCUT2D eigenvalue weighted by atomic mass is 9.93. The Morgan fingerprint density at radius 1 is 1.33 bits per heavy atom. The first-order chi connectivity index (χ1) is 13.1.